The summed E-state index contributed by atoms with van der Waals surface area (Å²) in [4.78, 5) is 29.7. The number of benzene rings is 2. The number of amides is 3. The van der Waals surface area contributed by atoms with E-state index in [-0.39, 0.29) is 11.9 Å². The Morgan fingerprint density at radius 3 is 2.53 bits per heavy atom. The average molecular weight is 493 g/mol. The summed E-state index contributed by atoms with van der Waals surface area (Å²) < 4.78 is 10.6. The minimum absolute atomic E-state index is 0.250. The summed E-state index contributed by atoms with van der Waals surface area (Å²) >= 11 is 0. The first-order valence-corrected chi connectivity index (χ1v) is 12.0. The van der Waals surface area contributed by atoms with Gasteiger partial charge in [0, 0.05) is 44.4 Å². The Kier molecular flexibility index (Phi) is 8.53. The number of nitrogens with two attached hydrogens (primary N) is 1. The van der Waals surface area contributed by atoms with Gasteiger partial charge in [0.1, 0.15) is 0 Å². The third-order valence-electron chi connectivity index (χ3n) is 5.95. The van der Waals surface area contributed by atoms with E-state index in [0.29, 0.717) is 41.6 Å². The van der Waals surface area contributed by atoms with E-state index in [2.05, 4.69) is 20.7 Å². The number of morpholine rings is 1. The van der Waals surface area contributed by atoms with Gasteiger partial charge in [-0.05, 0) is 43.2 Å². The predicted molar refractivity (Wildman–Crippen MR) is 138 cm³/mol. The van der Waals surface area contributed by atoms with Crippen molar-refractivity contribution in [3.63, 3.8) is 0 Å². The van der Waals surface area contributed by atoms with Gasteiger partial charge in [0.15, 0.2) is 0 Å². The lowest BCUT2D eigenvalue weighted by molar-refractivity contribution is 0.0365. The van der Waals surface area contributed by atoms with Crippen molar-refractivity contribution >= 4 is 29.2 Å². The third kappa shape index (κ3) is 7.06. The zero-order valence-electron chi connectivity index (χ0n) is 20.4. The summed E-state index contributed by atoms with van der Waals surface area (Å²) in [6.07, 6.45) is 0.821. The lowest BCUT2D eigenvalue weighted by atomic mass is 10.1. The van der Waals surface area contributed by atoms with Crippen LogP contribution in [0.2, 0.25) is 0 Å². The zero-order chi connectivity index (χ0) is 25.3. The van der Waals surface area contributed by atoms with E-state index in [1.54, 1.807) is 42.2 Å². The fraction of sp³-hybridized carbons (Fsp3) is 0.346. The SMILES string of the molecule is Cc1cc(NC(=O)N(CCCN2CCOCC2)Cc2ccc(C(=O)Nc3ccccc3N)cc2)on1. The first kappa shape index (κ1) is 25.2. The summed E-state index contributed by atoms with van der Waals surface area (Å²) in [6, 6.07) is 15.7. The van der Waals surface area contributed by atoms with Gasteiger partial charge in [0.25, 0.3) is 5.91 Å². The second-order valence-electron chi connectivity index (χ2n) is 8.73. The number of para-hydroxylation sites is 2. The number of nitrogens with zero attached hydrogens (tertiary/aromatic N) is 3. The van der Waals surface area contributed by atoms with Gasteiger partial charge in [-0.25, -0.2) is 4.79 Å². The molecule has 2 aromatic carbocycles. The molecular weight excluding hydrogens is 460 g/mol. The number of rotatable bonds is 9. The molecule has 3 amide bonds. The molecule has 4 rings (SSSR count). The number of nitrogens with one attached hydrogen (secondary N) is 2. The van der Waals surface area contributed by atoms with E-state index in [4.69, 9.17) is 15.0 Å². The van der Waals surface area contributed by atoms with E-state index in [0.717, 1.165) is 44.8 Å². The molecule has 10 heteroatoms. The van der Waals surface area contributed by atoms with Crippen molar-refractivity contribution in [2.45, 2.75) is 19.9 Å². The highest BCUT2D eigenvalue weighted by atomic mass is 16.5. The van der Waals surface area contributed by atoms with Gasteiger partial charge < -0.3 is 25.2 Å². The molecule has 0 bridgehead atoms. The van der Waals surface area contributed by atoms with E-state index >= 15 is 0 Å². The van der Waals surface area contributed by atoms with Crippen molar-refractivity contribution < 1.29 is 18.8 Å². The first-order chi connectivity index (χ1) is 17.5. The number of hydrogen-bond donors (Lipinski definition) is 3. The van der Waals surface area contributed by atoms with Crippen LogP contribution in [0.4, 0.5) is 22.1 Å². The topological polar surface area (TPSA) is 126 Å². The normalized spacial score (nSPS) is 13.8. The van der Waals surface area contributed by atoms with Crippen LogP contribution >= 0.6 is 0 Å². The molecule has 0 aliphatic carbocycles. The molecule has 190 valence electrons. The smallest absolute Gasteiger partial charge is 0.324 e. The van der Waals surface area contributed by atoms with E-state index in [1.165, 1.54) is 0 Å². The average Bonchev–Trinajstić information content (AvgIpc) is 3.30. The van der Waals surface area contributed by atoms with Gasteiger partial charge in [-0.1, -0.05) is 29.4 Å². The van der Waals surface area contributed by atoms with E-state index in [1.807, 2.05) is 24.3 Å². The quantitative estimate of drug-likeness (QED) is 0.390. The number of ether oxygens (including phenoxy) is 1. The maximum Gasteiger partial charge on any atom is 0.324 e. The molecule has 1 aliphatic heterocycles. The van der Waals surface area contributed by atoms with Crippen molar-refractivity contribution in [3.05, 3.63) is 71.4 Å². The molecular formula is C26H32N6O4. The first-order valence-electron chi connectivity index (χ1n) is 12.0. The predicted octanol–water partition coefficient (Wildman–Crippen LogP) is 3.57. The van der Waals surface area contributed by atoms with Gasteiger partial charge in [0.2, 0.25) is 5.88 Å². The van der Waals surface area contributed by atoms with Crippen LogP contribution in [0.25, 0.3) is 0 Å². The van der Waals surface area contributed by atoms with Crippen molar-refractivity contribution in [2.24, 2.45) is 0 Å². The highest BCUT2D eigenvalue weighted by Gasteiger charge is 2.18. The number of carbonyl (C=O) groups excluding carboxylic acids is 2. The lowest BCUT2D eigenvalue weighted by Crippen LogP contribution is -2.40. The van der Waals surface area contributed by atoms with Crippen LogP contribution in [0.5, 0.6) is 0 Å². The van der Waals surface area contributed by atoms with Crippen LogP contribution in [-0.4, -0.2) is 66.3 Å². The molecule has 1 saturated heterocycles. The van der Waals surface area contributed by atoms with E-state index < -0.39 is 0 Å². The summed E-state index contributed by atoms with van der Waals surface area (Å²) in [5, 5.41) is 9.43. The minimum Gasteiger partial charge on any atom is -0.397 e. The Bertz CT molecular complexity index is 1160. The van der Waals surface area contributed by atoms with Crippen LogP contribution in [0, 0.1) is 6.92 Å². The second kappa shape index (κ2) is 12.2. The van der Waals surface area contributed by atoms with Gasteiger partial charge in [-0.15, -0.1) is 0 Å². The second-order valence-corrected chi connectivity index (χ2v) is 8.73. The van der Waals surface area contributed by atoms with Crippen LogP contribution < -0.4 is 16.4 Å². The summed E-state index contributed by atoms with van der Waals surface area (Å²) in [7, 11) is 0. The molecule has 1 aromatic heterocycles. The molecule has 1 fully saturated rings. The molecule has 10 nitrogen and oxygen atoms in total. The van der Waals surface area contributed by atoms with Crippen LogP contribution in [0.3, 0.4) is 0 Å². The highest BCUT2D eigenvalue weighted by Crippen LogP contribution is 2.18. The van der Waals surface area contributed by atoms with Crippen LogP contribution in [0.1, 0.15) is 28.0 Å². The van der Waals surface area contributed by atoms with Crippen molar-refractivity contribution in [1.82, 2.24) is 15.0 Å². The largest absolute Gasteiger partial charge is 0.397 e. The summed E-state index contributed by atoms with van der Waals surface area (Å²) in [5.74, 6) is 0.0585. The van der Waals surface area contributed by atoms with E-state index in [9.17, 15) is 9.59 Å². The number of anilines is 3. The summed E-state index contributed by atoms with van der Waals surface area (Å²) in [5.41, 5.74) is 9.09. The maximum absolute atomic E-state index is 13.0. The number of nitrogen functional groups attached to an aromatic ring is 1. The molecule has 0 radical (unpaired) electrons. The third-order valence-corrected chi connectivity index (χ3v) is 5.95. The molecule has 3 aromatic rings. The highest BCUT2D eigenvalue weighted by molar-refractivity contribution is 6.05. The van der Waals surface area contributed by atoms with Crippen molar-refractivity contribution in [1.29, 1.82) is 0 Å². The lowest BCUT2D eigenvalue weighted by Gasteiger charge is -2.28. The molecule has 4 N–H and O–H groups in total. The van der Waals surface area contributed by atoms with Crippen LogP contribution in [0.15, 0.2) is 59.1 Å². The van der Waals surface area contributed by atoms with Gasteiger partial charge >= 0.3 is 6.03 Å². The molecule has 0 saturated carbocycles. The number of carbonyl (C=O) groups is 2. The molecule has 0 unspecified atom stereocenters. The number of hydrogen-bond acceptors (Lipinski definition) is 7. The molecule has 0 spiro atoms. The maximum atomic E-state index is 13.0. The Balaban J connectivity index is 1.38. The van der Waals surface area contributed by atoms with Crippen molar-refractivity contribution in [2.75, 3.05) is 55.8 Å². The fourth-order valence-electron chi connectivity index (χ4n) is 3.96. The summed E-state index contributed by atoms with van der Waals surface area (Å²) in [6.45, 7) is 6.92. The number of aryl methyl sites for hydroxylation is 1. The van der Waals surface area contributed by atoms with Crippen molar-refractivity contribution in [3.8, 4) is 0 Å². The zero-order valence-corrected chi connectivity index (χ0v) is 20.4. The van der Waals surface area contributed by atoms with Gasteiger partial charge in [-0.2, -0.15) is 0 Å². The molecule has 1 aliphatic rings. The van der Waals surface area contributed by atoms with Crippen LogP contribution in [-0.2, 0) is 11.3 Å². The number of aromatic nitrogens is 1. The van der Waals surface area contributed by atoms with Gasteiger partial charge in [-0.3, -0.25) is 15.0 Å². The standard InChI is InChI=1S/C26H32N6O4/c1-19-17-24(36-30-19)29-26(34)32(12-4-11-31-13-15-35-16-14-31)18-20-7-9-21(10-8-20)25(33)28-23-6-3-2-5-22(23)27/h2-3,5-10,17H,4,11-16,18,27H2,1H3,(H,28,33)(H,29,34). The number of urea groups is 1. The molecule has 36 heavy (non-hydrogen) atoms. The Hall–Kier alpha value is -3.89. The Morgan fingerprint density at radius 2 is 1.83 bits per heavy atom. The molecule has 2 heterocycles. The van der Waals surface area contributed by atoms with Gasteiger partial charge in [0.05, 0.1) is 30.3 Å². The fourth-order valence-corrected chi connectivity index (χ4v) is 3.96. The minimum atomic E-state index is -0.269. The monoisotopic (exact) mass is 492 g/mol. The Morgan fingerprint density at radius 1 is 1.08 bits per heavy atom. The Labute approximate surface area is 210 Å². The molecule has 0 atom stereocenters.